The fourth-order valence-corrected chi connectivity index (χ4v) is 2.42. The first-order valence-electron chi connectivity index (χ1n) is 5.96. The zero-order chi connectivity index (χ0) is 12.0. The van der Waals surface area contributed by atoms with Gasteiger partial charge >= 0.3 is 0 Å². The van der Waals surface area contributed by atoms with E-state index in [0.717, 1.165) is 24.6 Å². The van der Waals surface area contributed by atoms with Crippen LogP contribution in [0.1, 0.15) is 50.1 Å². The van der Waals surface area contributed by atoms with Gasteiger partial charge in [0, 0.05) is 30.3 Å². The van der Waals surface area contributed by atoms with Crippen LogP contribution in [-0.2, 0) is 11.3 Å². The molecule has 0 saturated heterocycles. The molecule has 0 saturated carbocycles. The molecule has 1 unspecified atom stereocenters. The lowest BCUT2D eigenvalue weighted by molar-refractivity contribution is 0.0596. The minimum Gasteiger partial charge on any atom is -0.371 e. The van der Waals surface area contributed by atoms with Crippen LogP contribution < -0.4 is 5.32 Å². The van der Waals surface area contributed by atoms with E-state index in [9.17, 15) is 0 Å². The third-order valence-corrected chi connectivity index (χ3v) is 3.36. The molecule has 1 atom stereocenters. The van der Waals surface area contributed by atoms with E-state index in [2.05, 4.69) is 31.1 Å². The standard InChI is InChI=1S/C12H22N2OS/c1-5-11(15-6-2)12-14-8-10(16-12)7-13-9(3)4/h8-9,11,13H,5-7H2,1-4H3. The van der Waals surface area contributed by atoms with Crippen LogP contribution in [0.4, 0.5) is 0 Å². The number of hydrogen-bond donors (Lipinski definition) is 1. The van der Waals surface area contributed by atoms with Gasteiger partial charge in [0.15, 0.2) is 0 Å². The zero-order valence-corrected chi connectivity index (χ0v) is 11.4. The molecule has 0 aliphatic heterocycles. The van der Waals surface area contributed by atoms with E-state index in [1.807, 2.05) is 13.1 Å². The Morgan fingerprint density at radius 3 is 2.75 bits per heavy atom. The Bertz CT molecular complexity index is 299. The molecule has 1 N–H and O–H groups in total. The minimum atomic E-state index is 0.169. The summed E-state index contributed by atoms with van der Waals surface area (Å²) in [6.45, 7) is 10.1. The summed E-state index contributed by atoms with van der Waals surface area (Å²) in [7, 11) is 0. The molecule has 1 aromatic heterocycles. The maximum Gasteiger partial charge on any atom is 0.122 e. The fourth-order valence-electron chi connectivity index (χ4n) is 1.42. The first kappa shape index (κ1) is 13.6. The summed E-state index contributed by atoms with van der Waals surface area (Å²) in [5.74, 6) is 0. The lowest BCUT2D eigenvalue weighted by Gasteiger charge is -2.11. The Morgan fingerprint density at radius 2 is 2.19 bits per heavy atom. The van der Waals surface area contributed by atoms with Crippen LogP contribution in [0.25, 0.3) is 0 Å². The smallest absolute Gasteiger partial charge is 0.122 e. The third-order valence-electron chi connectivity index (χ3n) is 2.27. The van der Waals surface area contributed by atoms with Crippen molar-refractivity contribution in [3.63, 3.8) is 0 Å². The van der Waals surface area contributed by atoms with Gasteiger partial charge in [-0.05, 0) is 13.3 Å². The van der Waals surface area contributed by atoms with Crippen LogP contribution in [-0.4, -0.2) is 17.6 Å². The second-order valence-electron chi connectivity index (χ2n) is 4.05. The van der Waals surface area contributed by atoms with Crippen molar-refractivity contribution in [1.29, 1.82) is 0 Å². The molecule has 4 heteroatoms. The van der Waals surface area contributed by atoms with E-state index in [1.165, 1.54) is 4.88 Å². The summed E-state index contributed by atoms with van der Waals surface area (Å²) in [6.07, 6.45) is 3.11. The van der Waals surface area contributed by atoms with Crippen LogP contribution in [0, 0.1) is 0 Å². The Morgan fingerprint density at radius 1 is 1.44 bits per heavy atom. The summed E-state index contributed by atoms with van der Waals surface area (Å²) >= 11 is 1.75. The van der Waals surface area contributed by atoms with Crippen LogP contribution in [0.5, 0.6) is 0 Å². The molecule has 0 fully saturated rings. The molecule has 3 nitrogen and oxygen atoms in total. The summed E-state index contributed by atoms with van der Waals surface area (Å²) in [5.41, 5.74) is 0. The maximum atomic E-state index is 5.64. The highest BCUT2D eigenvalue weighted by atomic mass is 32.1. The molecular weight excluding hydrogens is 220 g/mol. The molecule has 0 bridgehead atoms. The first-order chi connectivity index (χ1) is 7.67. The highest BCUT2D eigenvalue weighted by Crippen LogP contribution is 2.25. The number of nitrogens with zero attached hydrogens (tertiary/aromatic N) is 1. The number of nitrogens with one attached hydrogen (secondary N) is 1. The third kappa shape index (κ3) is 4.20. The SMILES string of the molecule is CCOC(CC)c1ncc(CNC(C)C)s1. The Kier molecular flexibility index (Phi) is 5.95. The summed E-state index contributed by atoms with van der Waals surface area (Å²) in [5, 5.41) is 4.50. The van der Waals surface area contributed by atoms with E-state index in [4.69, 9.17) is 4.74 Å². The number of rotatable bonds is 7. The molecule has 16 heavy (non-hydrogen) atoms. The molecule has 1 rings (SSSR count). The van der Waals surface area contributed by atoms with Gasteiger partial charge in [-0.25, -0.2) is 4.98 Å². The van der Waals surface area contributed by atoms with Gasteiger partial charge in [-0.3, -0.25) is 0 Å². The van der Waals surface area contributed by atoms with E-state index in [1.54, 1.807) is 11.3 Å². The molecule has 0 amide bonds. The predicted octanol–water partition coefficient (Wildman–Crippen LogP) is 3.13. The van der Waals surface area contributed by atoms with Gasteiger partial charge in [0.2, 0.25) is 0 Å². The van der Waals surface area contributed by atoms with Crippen LogP contribution in [0.3, 0.4) is 0 Å². The molecule has 1 heterocycles. The Balaban J connectivity index is 2.55. The molecule has 0 radical (unpaired) electrons. The maximum absolute atomic E-state index is 5.64. The van der Waals surface area contributed by atoms with Gasteiger partial charge in [-0.15, -0.1) is 11.3 Å². The predicted molar refractivity (Wildman–Crippen MR) is 68.7 cm³/mol. The van der Waals surface area contributed by atoms with Gasteiger partial charge in [-0.2, -0.15) is 0 Å². The van der Waals surface area contributed by atoms with Crippen LogP contribution >= 0.6 is 11.3 Å². The van der Waals surface area contributed by atoms with Crippen molar-refractivity contribution < 1.29 is 4.74 Å². The molecule has 92 valence electrons. The Hall–Kier alpha value is -0.450. The van der Waals surface area contributed by atoms with E-state index in [0.29, 0.717) is 6.04 Å². The molecule has 1 aromatic rings. The lowest BCUT2D eigenvalue weighted by Crippen LogP contribution is -2.21. The molecule has 0 spiro atoms. The van der Waals surface area contributed by atoms with Gasteiger partial charge in [0.25, 0.3) is 0 Å². The van der Waals surface area contributed by atoms with Gasteiger partial charge < -0.3 is 10.1 Å². The average molecular weight is 242 g/mol. The highest BCUT2D eigenvalue weighted by Gasteiger charge is 2.13. The lowest BCUT2D eigenvalue weighted by atomic mass is 10.3. The van der Waals surface area contributed by atoms with E-state index in [-0.39, 0.29) is 6.10 Å². The van der Waals surface area contributed by atoms with Crippen molar-refractivity contribution in [1.82, 2.24) is 10.3 Å². The number of ether oxygens (including phenoxy) is 1. The average Bonchev–Trinajstić information content (AvgIpc) is 2.71. The number of thiazole rings is 1. The fraction of sp³-hybridized carbons (Fsp3) is 0.750. The van der Waals surface area contributed by atoms with Crippen molar-refractivity contribution in [3.8, 4) is 0 Å². The van der Waals surface area contributed by atoms with Crippen LogP contribution in [0.15, 0.2) is 6.20 Å². The largest absolute Gasteiger partial charge is 0.371 e. The second kappa shape index (κ2) is 6.99. The van der Waals surface area contributed by atoms with Gasteiger partial charge in [-0.1, -0.05) is 20.8 Å². The van der Waals surface area contributed by atoms with E-state index >= 15 is 0 Å². The molecule has 0 aliphatic rings. The van der Waals surface area contributed by atoms with Crippen molar-refractivity contribution in [2.45, 2.75) is 52.8 Å². The van der Waals surface area contributed by atoms with Crippen molar-refractivity contribution >= 4 is 11.3 Å². The second-order valence-corrected chi connectivity index (χ2v) is 5.20. The van der Waals surface area contributed by atoms with Gasteiger partial charge in [0.05, 0.1) is 0 Å². The highest BCUT2D eigenvalue weighted by molar-refractivity contribution is 7.11. The molecular formula is C12H22N2OS. The number of hydrogen-bond acceptors (Lipinski definition) is 4. The van der Waals surface area contributed by atoms with E-state index < -0.39 is 0 Å². The summed E-state index contributed by atoms with van der Waals surface area (Å²) in [4.78, 5) is 5.72. The monoisotopic (exact) mass is 242 g/mol. The minimum absolute atomic E-state index is 0.169. The molecule has 0 aliphatic carbocycles. The summed E-state index contributed by atoms with van der Waals surface area (Å²) in [6, 6.07) is 0.513. The normalized spacial score (nSPS) is 13.3. The van der Waals surface area contributed by atoms with Crippen molar-refractivity contribution in [2.75, 3.05) is 6.61 Å². The van der Waals surface area contributed by atoms with Gasteiger partial charge in [0.1, 0.15) is 11.1 Å². The zero-order valence-electron chi connectivity index (χ0n) is 10.6. The first-order valence-corrected chi connectivity index (χ1v) is 6.78. The topological polar surface area (TPSA) is 34.1 Å². The number of aromatic nitrogens is 1. The Labute approximate surface area is 102 Å². The quantitative estimate of drug-likeness (QED) is 0.797. The molecule has 0 aromatic carbocycles. The van der Waals surface area contributed by atoms with Crippen molar-refractivity contribution in [2.24, 2.45) is 0 Å². The van der Waals surface area contributed by atoms with Crippen LogP contribution in [0.2, 0.25) is 0 Å². The summed E-state index contributed by atoms with van der Waals surface area (Å²) < 4.78 is 5.64. The van der Waals surface area contributed by atoms with Crippen molar-refractivity contribution in [3.05, 3.63) is 16.1 Å².